The third-order valence-corrected chi connectivity index (χ3v) is 4.00. The third kappa shape index (κ3) is 6.47. The molecule has 2 rings (SSSR count). The minimum Gasteiger partial charge on any atom is -0.493 e. The maximum absolute atomic E-state index is 5.91. The van der Waals surface area contributed by atoms with Gasteiger partial charge in [-0.2, -0.15) is 4.98 Å². The van der Waals surface area contributed by atoms with Crippen LogP contribution in [0.2, 0.25) is 0 Å². The van der Waals surface area contributed by atoms with E-state index in [1.54, 1.807) is 14.2 Å². The van der Waals surface area contributed by atoms with Gasteiger partial charge in [-0.15, -0.1) is 0 Å². The molecule has 1 aromatic carbocycles. The lowest BCUT2D eigenvalue weighted by Gasteiger charge is -2.10. The van der Waals surface area contributed by atoms with Gasteiger partial charge in [-0.05, 0) is 30.5 Å². The Hall–Kier alpha value is -2.77. The van der Waals surface area contributed by atoms with Gasteiger partial charge in [0.2, 0.25) is 5.89 Å². The molecular weight excluding hydrogens is 346 g/mol. The number of methoxy groups -OCH3 is 2. The summed E-state index contributed by atoms with van der Waals surface area (Å²) in [5.74, 6) is 3.53. The summed E-state index contributed by atoms with van der Waals surface area (Å²) in [5.41, 5.74) is 7.04. The molecule has 0 saturated heterocycles. The van der Waals surface area contributed by atoms with Gasteiger partial charge >= 0.3 is 0 Å². The van der Waals surface area contributed by atoms with Crippen molar-refractivity contribution in [1.29, 1.82) is 0 Å². The lowest BCUT2D eigenvalue weighted by molar-refractivity contribution is 0.354. The summed E-state index contributed by atoms with van der Waals surface area (Å²) in [6.45, 7) is 5.36. The Kier molecular flexibility index (Phi) is 7.91. The van der Waals surface area contributed by atoms with Crippen LogP contribution in [0.25, 0.3) is 0 Å². The first-order valence-corrected chi connectivity index (χ1v) is 9.10. The van der Waals surface area contributed by atoms with E-state index in [-0.39, 0.29) is 5.92 Å². The second kappa shape index (κ2) is 10.4. The highest BCUT2D eigenvalue weighted by Gasteiger charge is 2.09. The van der Waals surface area contributed by atoms with Crippen molar-refractivity contribution in [2.45, 2.75) is 39.0 Å². The summed E-state index contributed by atoms with van der Waals surface area (Å²) in [5, 5.41) is 7.07. The predicted molar refractivity (Wildman–Crippen MR) is 104 cm³/mol. The molecule has 0 unspecified atom stereocenters. The number of guanidine groups is 1. The SMILES string of the molecule is COc1ccc(CCNC(N)=NCCCc2nc(C(C)C)no2)cc1OC. The number of hydrogen-bond donors (Lipinski definition) is 2. The molecule has 0 aliphatic heterocycles. The van der Waals surface area contributed by atoms with E-state index in [2.05, 4.69) is 20.4 Å². The Labute approximate surface area is 160 Å². The zero-order chi connectivity index (χ0) is 19.6. The smallest absolute Gasteiger partial charge is 0.226 e. The summed E-state index contributed by atoms with van der Waals surface area (Å²) in [6.07, 6.45) is 2.30. The first kappa shape index (κ1) is 20.5. The lowest BCUT2D eigenvalue weighted by atomic mass is 10.1. The summed E-state index contributed by atoms with van der Waals surface area (Å²) < 4.78 is 15.8. The third-order valence-electron chi connectivity index (χ3n) is 4.00. The van der Waals surface area contributed by atoms with E-state index < -0.39 is 0 Å². The minimum absolute atomic E-state index is 0.269. The van der Waals surface area contributed by atoms with Crippen molar-refractivity contribution in [1.82, 2.24) is 15.5 Å². The van der Waals surface area contributed by atoms with Gasteiger partial charge in [0.05, 0.1) is 14.2 Å². The second-order valence-electron chi connectivity index (χ2n) is 6.44. The van der Waals surface area contributed by atoms with E-state index in [4.69, 9.17) is 19.7 Å². The average molecular weight is 375 g/mol. The van der Waals surface area contributed by atoms with Crippen LogP contribution in [-0.4, -0.2) is 43.4 Å². The summed E-state index contributed by atoms with van der Waals surface area (Å²) in [6, 6.07) is 5.86. The molecule has 27 heavy (non-hydrogen) atoms. The topological polar surface area (TPSA) is 108 Å². The molecule has 0 atom stereocenters. The Balaban J connectivity index is 1.69. The molecule has 1 heterocycles. The first-order chi connectivity index (χ1) is 13.0. The van der Waals surface area contributed by atoms with Gasteiger partial charge in [0.1, 0.15) is 0 Å². The maximum atomic E-state index is 5.91. The van der Waals surface area contributed by atoms with E-state index in [9.17, 15) is 0 Å². The number of rotatable bonds is 10. The fraction of sp³-hybridized carbons (Fsp3) is 0.526. The Bertz CT molecular complexity index is 743. The standard InChI is InChI=1S/C19H29N5O3/c1-13(2)18-23-17(27-24-18)6-5-10-21-19(20)22-11-9-14-7-8-15(25-3)16(12-14)26-4/h7-8,12-13H,5-6,9-11H2,1-4H3,(H3,20,21,22). The van der Waals surface area contributed by atoms with Crippen LogP contribution >= 0.6 is 0 Å². The first-order valence-electron chi connectivity index (χ1n) is 9.10. The molecule has 2 aromatic rings. The molecular formula is C19H29N5O3. The van der Waals surface area contributed by atoms with Crippen LogP contribution in [0.15, 0.2) is 27.7 Å². The van der Waals surface area contributed by atoms with Gasteiger partial charge in [0.15, 0.2) is 23.3 Å². The highest BCUT2D eigenvalue weighted by atomic mass is 16.5. The molecule has 1 aromatic heterocycles. The molecule has 0 saturated carbocycles. The number of aryl methyl sites for hydroxylation is 1. The molecule has 8 nitrogen and oxygen atoms in total. The number of aromatic nitrogens is 2. The van der Waals surface area contributed by atoms with Crippen molar-refractivity contribution in [3.05, 3.63) is 35.5 Å². The number of nitrogens with one attached hydrogen (secondary N) is 1. The van der Waals surface area contributed by atoms with Crippen molar-refractivity contribution in [3.63, 3.8) is 0 Å². The van der Waals surface area contributed by atoms with Gasteiger partial charge in [-0.1, -0.05) is 25.1 Å². The number of nitrogens with zero attached hydrogens (tertiary/aromatic N) is 3. The van der Waals surface area contributed by atoms with Crippen molar-refractivity contribution in [2.75, 3.05) is 27.3 Å². The second-order valence-corrected chi connectivity index (χ2v) is 6.44. The van der Waals surface area contributed by atoms with Crippen molar-refractivity contribution >= 4 is 5.96 Å². The molecule has 0 aliphatic carbocycles. The number of hydrogen-bond acceptors (Lipinski definition) is 6. The van der Waals surface area contributed by atoms with Crippen LogP contribution in [0.5, 0.6) is 11.5 Å². The quantitative estimate of drug-likeness (QED) is 0.373. The molecule has 8 heteroatoms. The van der Waals surface area contributed by atoms with Crippen molar-refractivity contribution in [2.24, 2.45) is 10.7 Å². The largest absolute Gasteiger partial charge is 0.493 e. The number of ether oxygens (including phenoxy) is 2. The van der Waals surface area contributed by atoms with Gasteiger partial charge in [-0.25, -0.2) is 0 Å². The van der Waals surface area contributed by atoms with E-state index in [0.717, 1.165) is 35.7 Å². The molecule has 0 aliphatic rings. The van der Waals surface area contributed by atoms with Crippen LogP contribution < -0.4 is 20.5 Å². The molecule has 3 N–H and O–H groups in total. The zero-order valence-electron chi connectivity index (χ0n) is 16.5. The summed E-state index contributed by atoms with van der Waals surface area (Å²) in [4.78, 5) is 8.67. The Morgan fingerprint density at radius 1 is 1.22 bits per heavy atom. The maximum Gasteiger partial charge on any atom is 0.226 e. The summed E-state index contributed by atoms with van der Waals surface area (Å²) in [7, 11) is 3.25. The van der Waals surface area contributed by atoms with Crippen LogP contribution in [0, 0.1) is 0 Å². The molecule has 0 spiro atoms. The predicted octanol–water partition coefficient (Wildman–Crippen LogP) is 2.29. The highest BCUT2D eigenvalue weighted by Crippen LogP contribution is 2.27. The van der Waals surface area contributed by atoms with Crippen LogP contribution in [-0.2, 0) is 12.8 Å². The molecule has 148 valence electrons. The zero-order valence-corrected chi connectivity index (χ0v) is 16.5. The molecule has 0 radical (unpaired) electrons. The van der Waals surface area contributed by atoms with Crippen LogP contribution in [0.3, 0.4) is 0 Å². The molecule has 0 fully saturated rings. The Morgan fingerprint density at radius 2 is 2.00 bits per heavy atom. The van der Waals surface area contributed by atoms with Crippen molar-refractivity contribution in [3.8, 4) is 11.5 Å². The van der Waals surface area contributed by atoms with E-state index in [1.165, 1.54) is 0 Å². The van der Waals surface area contributed by atoms with E-state index in [1.807, 2.05) is 32.0 Å². The number of aliphatic imine (C=N–C) groups is 1. The van der Waals surface area contributed by atoms with E-state index >= 15 is 0 Å². The van der Waals surface area contributed by atoms with Gasteiger partial charge in [-0.3, -0.25) is 4.99 Å². The molecule has 0 amide bonds. The fourth-order valence-corrected chi connectivity index (χ4v) is 2.46. The van der Waals surface area contributed by atoms with Gasteiger partial charge in [0, 0.05) is 25.4 Å². The van der Waals surface area contributed by atoms with E-state index in [0.29, 0.717) is 31.4 Å². The van der Waals surface area contributed by atoms with Gasteiger partial charge in [0.25, 0.3) is 0 Å². The number of nitrogens with two attached hydrogens (primary N) is 1. The summed E-state index contributed by atoms with van der Waals surface area (Å²) >= 11 is 0. The normalized spacial score (nSPS) is 11.7. The monoisotopic (exact) mass is 375 g/mol. The lowest BCUT2D eigenvalue weighted by Crippen LogP contribution is -2.33. The average Bonchev–Trinajstić information content (AvgIpc) is 3.14. The molecule has 0 bridgehead atoms. The fourth-order valence-electron chi connectivity index (χ4n) is 2.46. The van der Waals surface area contributed by atoms with Crippen molar-refractivity contribution < 1.29 is 14.0 Å². The van der Waals surface area contributed by atoms with Crippen LogP contribution in [0.1, 0.15) is 43.5 Å². The minimum atomic E-state index is 0.269. The Morgan fingerprint density at radius 3 is 2.67 bits per heavy atom. The number of benzene rings is 1. The van der Waals surface area contributed by atoms with Gasteiger partial charge < -0.3 is 25.0 Å². The highest BCUT2D eigenvalue weighted by molar-refractivity contribution is 5.77. The van der Waals surface area contributed by atoms with Crippen LogP contribution in [0.4, 0.5) is 0 Å².